The van der Waals surface area contributed by atoms with Crippen molar-refractivity contribution in [3.05, 3.63) is 125 Å². The van der Waals surface area contributed by atoms with Crippen molar-refractivity contribution < 1.29 is 22.7 Å². The highest BCUT2D eigenvalue weighted by atomic mass is 32.2. The molecule has 0 spiro atoms. The van der Waals surface area contributed by atoms with Crippen molar-refractivity contribution in [3.63, 3.8) is 0 Å². The summed E-state index contributed by atoms with van der Waals surface area (Å²) < 4.78 is 35.3. The van der Waals surface area contributed by atoms with Gasteiger partial charge in [-0.25, -0.2) is 8.42 Å². The summed E-state index contributed by atoms with van der Waals surface area (Å²) in [6.45, 7) is 3.44. The lowest BCUT2D eigenvalue weighted by atomic mass is 10.0. The molecule has 4 aromatic carbocycles. The molecule has 8 nitrogen and oxygen atoms in total. The van der Waals surface area contributed by atoms with E-state index in [1.165, 1.54) is 19.2 Å². The number of rotatable bonds is 13. The highest BCUT2D eigenvalue weighted by molar-refractivity contribution is 7.92. The average molecular weight is 654 g/mol. The summed E-state index contributed by atoms with van der Waals surface area (Å²) in [6, 6.07) is 29.8. The lowest BCUT2D eigenvalue weighted by Crippen LogP contribution is -2.54. The molecule has 0 radical (unpaired) electrons. The molecule has 1 saturated carbocycles. The number of nitrogens with zero attached hydrogens (tertiary/aromatic N) is 2. The Balaban J connectivity index is 1.59. The second-order valence-electron chi connectivity index (χ2n) is 12.1. The predicted molar refractivity (Wildman–Crippen MR) is 185 cm³/mol. The van der Waals surface area contributed by atoms with Crippen LogP contribution in [0.25, 0.3) is 0 Å². The summed E-state index contributed by atoms with van der Waals surface area (Å²) in [7, 11) is -2.77. The van der Waals surface area contributed by atoms with Crippen molar-refractivity contribution >= 4 is 27.5 Å². The molecule has 1 unspecified atom stereocenters. The summed E-state index contributed by atoms with van der Waals surface area (Å²) in [5.74, 6) is -0.438. The van der Waals surface area contributed by atoms with Gasteiger partial charge in [-0.1, -0.05) is 97.3 Å². The smallest absolute Gasteiger partial charge is 0.264 e. The Kier molecular flexibility index (Phi) is 11.0. The van der Waals surface area contributed by atoms with Gasteiger partial charge in [0, 0.05) is 19.0 Å². The normalized spacial score (nSPS) is 13.9. The number of hydrogen-bond acceptors (Lipinski definition) is 5. The molecule has 2 amide bonds. The van der Waals surface area contributed by atoms with Gasteiger partial charge in [-0.3, -0.25) is 13.9 Å². The maximum absolute atomic E-state index is 14.7. The number of ether oxygens (including phenoxy) is 1. The first kappa shape index (κ1) is 33.7. The van der Waals surface area contributed by atoms with E-state index in [4.69, 9.17) is 4.74 Å². The number of anilines is 1. The number of benzene rings is 4. The fourth-order valence-corrected chi connectivity index (χ4v) is 7.50. The molecule has 0 saturated heterocycles. The van der Waals surface area contributed by atoms with Crippen LogP contribution in [0.2, 0.25) is 0 Å². The van der Waals surface area contributed by atoms with Gasteiger partial charge in [0.05, 0.1) is 17.7 Å². The van der Waals surface area contributed by atoms with Gasteiger partial charge in [0.2, 0.25) is 11.8 Å². The number of aryl methyl sites for hydroxylation is 2. The zero-order chi connectivity index (χ0) is 33.4. The van der Waals surface area contributed by atoms with Crippen LogP contribution < -0.4 is 14.4 Å². The van der Waals surface area contributed by atoms with E-state index < -0.39 is 28.5 Å². The van der Waals surface area contributed by atoms with Crippen LogP contribution >= 0.6 is 0 Å². The molecule has 5 rings (SSSR count). The van der Waals surface area contributed by atoms with Gasteiger partial charge in [-0.15, -0.1) is 0 Å². The fourth-order valence-electron chi connectivity index (χ4n) is 6.08. The van der Waals surface area contributed by atoms with E-state index in [1.807, 2.05) is 68.4 Å². The number of nitrogens with one attached hydrogen (secondary N) is 1. The maximum atomic E-state index is 14.7. The number of amides is 2. The van der Waals surface area contributed by atoms with Gasteiger partial charge >= 0.3 is 0 Å². The summed E-state index contributed by atoms with van der Waals surface area (Å²) in [6.07, 6.45) is 4.16. The molecule has 1 N–H and O–H groups in total. The molecule has 1 fully saturated rings. The molecule has 0 bridgehead atoms. The van der Waals surface area contributed by atoms with Crippen molar-refractivity contribution in [2.45, 2.75) is 69.5 Å². The van der Waals surface area contributed by atoms with E-state index >= 15 is 0 Å². The Labute approximate surface area is 278 Å². The van der Waals surface area contributed by atoms with Crippen molar-refractivity contribution in [1.29, 1.82) is 0 Å². The first-order chi connectivity index (χ1) is 22.7. The van der Waals surface area contributed by atoms with Crippen molar-refractivity contribution in [1.82, 2.24) is 10.2 Å². The molecule has 47 heavy (non-hydrogen) atoms. The number of carbonyl (C=O) groups excluding carboxylic acids is 2. The van der Waals surface area contributed by atoms with E-state index in [0.29, 0.717) is 5.75 Å². The summed E-state index contributed by atoms with van der Waals surface area (Å²) in [4.78, 5) is 30.5. The fraction of sp³-hybridized carbons (Fsp3) is 0.316. The zero-order valence-electron chi connectivity index (χ0n) is 27.3. The minimum absolute atomic E-state index is 0.0446. The summed E-state index contributed by atoms with van der Waals surface area (Å²) in [5, 5.41) is 3.21. The van der Waals surface area contributed by atoms with E-state index in [-0.39, 0.29) is 35.5 Å². The van der Waals surface area contributed by atoms with Crippen LogP contribution in [0.1, 0.15) is 47.9 Å². The molecular weight excluding hydrogens is 611 g/mol. The molecule has 0 heterocycles. The molecule has 0 aromatic heterocycles. The highest BCUT2D eigenvalue weighted by Crippen LogP contribution is 2.33. The summed E-state index contributed by atoms with van der Waals surface area (Å²) >= 11 is 0. The second kappa shape index (κ2) is 15.3. The topological polar surface area (TPSA) is 96.0 Å². The lowest BCUT2D eigenvalue weighted by molar-refractivity contribution is -0.140. The molecule has 1 aliphatic carbocycles. The summed E-state index contributed by atoms with van der Waals surface area (Å²) in [5.41, 5.74) is 3.88. The van der Waals surface area contributed by atoms with E-state index in [0.717, 1.165) is 52.2 Å². The highest BCUT2D eigenvalue weighted by Gasteiger charge is 2.36. The molecule has 246 valence electrons. The van der Waals surface area contributed by atoms with E-state index in [2.05, 4.69) is 5.32 Å². The Morgan fingerprint density at radius 3 is 2.17 bits per heavy atom. The van der Waals surface area contributed by atoms with Crippen molar-refractivity contribution in [2.75, 3.05) is 18.0 Å². The van der Waals surface area contributed by atoms with Crippen LogP contribution in [-0.2, 0) is 32.6 Å². The molecular formula is C38H43N3O5S. The monoisotopic (exact) mass is 653 g/mol. The van der Waals surface area contributed by atoms with Gasteiger partial charge in [0.25, 0.3) is 10.0 Å². The lowest BCUT2D eigenvalue weighted by Gasteiger charge is -2.35. The van der Waals surface area contributed by atoms with Gasteiger partial charge in [-0.2, -0.15) is 0 Å². The first-order valence-electron chi connectivity index (χ1n) is 16.1. The largest absolute Gasteiger partial charge is 0.495 e. The Hall–Kier alpha value is -4.63. The number of hydrogen-bond donors (Lipinski definition) is 1. The SMILES string of the molecule is COc1ccccc1N(CC(=O)N(Cc1ccccc1C)C(Cc1ccccc1)C(=O)NC1CCCC1)S(=O)(=O)c1ccc(C)cc1. The van der Waals surface area contributed by atoms with Gasteiger partial charge in [-0.05, 0) is 67.6 Å². The number of sulfonamides is 1. The van der Waals surface area contributed by atoms with Crippen LogP contribution in [0.5, 0.6) is 5.75 Å². The van der Waals surface area contributed by atoms with E-state index in [1.54, 1.807) is 41.3 Å². The van der Waals surface area contributed by atoms with Crippen LogP contribution in [-0.4, -0.2) is 50.9 Å². The third-order valence-electron chi connectivity index (χ3n) is 8.82. The molecule has 1 atom stereocenters. The number of methoxy groups -OCH3 is 1. The molecule has 0 aliphatic heterocycles. The third kappa shape index (κ3) is 8.21. The van der Waals surface area contributed by atoms with Gasteiger partial charge in [0.1, 0.15) is 18.3 Å². The van der Waals surface area contributed by atoms with Crippen LogP contribution in [0.15, 0.2) is 108 Å². The molecule has 4 aromatic rings. The Bertz CT molecular complexity index is 1770. The molecule has 9 heteroatoms. The minimum Gasteiger partial charge on any atom is -0.495 e. The first-order valence-corrected chi connectivity index (χ1v) is 17.5. The van der Waals surface area contributed by atoms with Crippen LogP contribution in [0.3, 0.4) is 0 Å². The van der Waals surface area contributed by atoms with Crippen molar-refractivity contribution in [3.8, 4) is 5.75 Å². The molecule has 1 aliphatic rings. The minimum atomic E-state index is -4.23. The van der Waals surface area contributed by atoms with Gasteiger partial charge < -0.3 is 15.0 Å². The standard InChI is InChI=1S/C38H43N3O5S/c1-28-21-23-33(24-22-28)47(44,45)41(34-19-11-12-20-36(34)46-3)27-37(42)40(26-31-16-8-7-13-29(31)2)35(25-30-14-5-4-6-15-30)38(43)39-32-17-9-10-18-32/h4-8,11-16,19-24,32,35H,9-10,17-18,25-27H2,1-3H3,(H,39,43). The second-order valence-corrected chi connectivity index (χ2v) is 14.0. The Morgan fingerprint density at radius 2 is 1.49 bits per heavy atom. The zero-order valence-corrected chi connectivity index (χ0v) is 28.1. The maximum Gasteiger partial charge on any atom is 0.264 e. The van der Waals surface area contributed by atoms with Crippen LogP contribution in [0, 0.1) is 13.8 Å². The van der Waals surface area contributed by atoms with Crippen molar-refractivity contribution in [2.24, 2.45) is 0 Å². The predicted octanol–water partition coefficient (Wildman–Crippen LogP) is 6.21. The Morgan fingerprint density at radius 1 is 0.851 bits per heavy atom. The number of para-hydroxylation sites is 2. The number of carbonyl (C=O) groups is 2. The third-order valence-corrected chi connectivity index (χ3v) is 10.6. The van der Waals surface area contributed by atoms with Crippen LogP contribution in [0.4, 0.5) is 5.69 Å². The van der Waals surface area contributed by atoms with E-state index in [9.17, 15) is 18.0 Å². The van der Waals surface area contributed by atoms with Gasteiger partial charge in [0.15, 0.2) is 0 Å². The quantitative estimate of drug-likeness (QED) is 0.185. The average Bonchev–Trinajstić information content (AvgIpc) is 3.59.